The monoisotopic (exact) mass is 370 g/mol. The van der Waals surface area contributed by atoms with Gasteiger partial charge in [-0.1, -0.05) is 12.1 Å². The predicted molar refractivity (Wildman–Crippen MR) is 104 cm³/mol. The number of likely N-dealkylation sites (N-methyl/N-ethyl adjacent to an activating group) is 1. The highest BCUT2D eigenvalue weighted by Gasteiger charge is 2.16. The summed E-state index contributed by atoms with van der Waals surface area (Å²) in [6.45, 7) is 0.603. The molecule has 1 unspecified atom stereocenters. The summed E-state index contributed by atoms with van der Waals surface area (Å²) < 4.78 is 24.4. The number of hydrogen-bond acceptors (Lipinski definition) is 6. The molecular formula is C20H23FN4O2. The number of benzene rings is 2. The summed E-state index contributed by atoms with van der Waals surface area (Å²) in [5.74, 6) is 1.16. The number of hydrogen-bond donors (Lipinski definition) is 1. The Balaban J connectivity index is 1.89. The largest absolute Gasteiger partial charge is 0.497 e. The van der Waals surface area contributed by atoms with Crippen LogP contribution in [0.3, 0.4) is 0 Å². The van der Waals surface area contributed by atoms with Gasteiger partial charge in [-0.2, -0.15) is 0 Å². The number of methoxy groups -OCH3 is 2. The van der Waals surface area contributed by atoms with Gasteiger partial charge in [0.05, 0.1) is 25.8 Å². The van der Waals surface area contributed by atoms with Gasteiger partial charge in [-0.05, 0) is 37.9 Å². The van der Waals surface area contributed by atoms with E-state index >= 15 is 0 Å². The normalized spacial score (nSPS) is 12.2. The summed E-state index contributed by atoms with van der Waals surface area (Å²) in [6.07, 6.45) is 1.42. The van der Waals surface area contributed by atoms with E-state index in [1.165, 1.54) is 19.5 Å². The SMILES string of the molecule is COc1cccc(C(CNc2ncnc3cc(F)c(OC)cc23)N(C)C)c1. The van der Waals surface area contributed by atoms with Crippen molar-refractivity contribution in [2.45, 2.75) is 6.04 Å². The van der Waals surface area contributed by atoms with Crippen molar-refractivity contribution in [3.63, 3.8) is 0 Å². The zero-order valence-corrected chi connectivity index (χ0v) is 15.9. The third-order valence-corrected chi connectivity index (χ3v) is 4.47. The van der Waals surface area contributed by atoms with Gasteiger partial charge in [-0.15, -0.1) is 0 Å². The molecule has 6 nitrogen and oxygen atoms in total. The molecule has 0 aliphatic rings. The second kappa shape index (κ2) is 8.18. The van der Waals surface area contributed by atoms with Crippen LogP contribution in [0, 0.1) is 5.82 Å². The van der Waals surface area contributed by atoms with Crippen molar-refractivity contribution in [2.24, 2.45) is 0 Å². The van der Waals surface area contributed by atoms with Gasteiger partial charge in [0.15, 0.2) is 11.6 Å². The van der Waals surface area contributed by atoms with Crippen LogP contribution >= 0.6 is 0 Å². The van der Waals surface area contributed by atoms with Gasteiger partial charge < -0.3 is 19.7 Å². The summed E-state index contributed by atoms with van der Waals surface area (Å²) in [5.41, 5.74) is 1.64. The number of nitrogens with one attached hydrogen (secondary N) is 1. The van der Waals surface area contributed by atoms with Crippen molar-refractivity contribution in [3.05, 3.63) is 54.1 Å². The molecule has 27 heavy (non-hydrogen) atoms. The lowest BCUT2D eigenvalue weighted by molar-refractivity contribution is 0.310. The molecule has 0 fully saturated rings. The Morgan fingerprint density at radius 2 is 1.93 bits per heavy atom. The molecule has 0 aliphatic carbocycles. The van der Waals surface area contributed by atoms with Gasteiger partial charge in [0.2, 0.25) is 0 Å². The maximum Gasteiger partial charge on any atom is 0.167 e. The Bertz CT molecular complexity index is 933. The predicted octanol–water partition coefficient (Wildman–Crippen LogP) is 3.50. The molecule has 0 spiro atoms. The minimum atomic E-state index is -0.447. The van der Waals surface area contributed by atoms with Crippen molar-refractivity contribution < 1.29 is 13.9 Å². The van der Waals surface area contributed by atoms with Crippen LogP contribution in [0.15, 0.2) is 42.7 Å². The number of anilines is 1. The Kier molecular flexibility index (Phi) is 5.71. The number of nitrogens with zero attached hydrogens (tertiary/aromatic N) is 3. The van der Waals surface area contributed by atoms with Crippen molar-refractivity contribution in [2.75, 3.05) is 40.2 Å². The first kappa shape index (κ1) is 18.8. The maximum atomic E-state index is 13.9. The van der Waals surface area contributed by atoms with E-state index in [-0.39, 0.29) is 11.8 Å². The smallest absolute Gasteiger partial charge is 0.167 e. The number of ether oxygens (including phenoxy) is 2. The quantitative estimate of drug-likeness (QED) is 0.687. The lowest BCUT2D eigenvalue weighted by Gasteiger charge is -2.26. The van der Waals surface area contributed by atoms with Gasteiger partial charge in [0, 0.05) is 18.0 Å². The highest BCUT2D eigenvalue weighted by molar-refractivity contribution is 5.90. The van der Waals surface area contributed by atoms with Gasteiger partial charge in [-0.25, -0.2) is 14.4 Å². The van der Waals surface area contributed by atoms with E-state index in [0.29, 0.717) is 23.3 Å². The molecule has 3 aromatic rings. The van der Waals surface area contributed by atoms with E-state index < -0.39 is 5.82 Å². The van der Waals surface area contributed by atoms with Crippen LogP contribution in [0.1, 0.15) is 11.6 Å². The van der Waals surface area contributed by atoms with Gasteiger partial charge in [0.25, 0.3) is 0 Å². The number of halogens is 1. The van der Waals surface area contributed by atoms with E-state index in [0.717, 1.165) is 11.3 Å². The fourth-order valence-corrected chi connectivity index (χ4v) is 3.00. The third kappa shape index (κ3) is 4.09. The number of aromatic nitrogens is 2. The number of fused-ring (bicyclic) bond motifs is 1. The summed E-state index contributed by atoms with van der Waals surface area (Å²) in [7, 11) is 7.12. The second-order valence-electron chi connectivity index (χ2n) is 6.36. The average Bonchev–Trinajstić information content (AvgIpc) is 2.67. The Morgan fingerprint density at radius 3 is 2.63 bits per heavy atom. The number of rotatable bonds is 7. The van der Waals surface area contributed by atoms with E-state index in [1.807, 2.05) is 32.3 Å². The molecule has 0 amide bonds. The molecule has 1 heterocycles. The Morgan fingerprint density at radius 1 is 1.11 bits per heavy atom. The lowest BCUT2D eigenvalue weighted by atomic mass is 10.1. The van der Waals surface area contributed by atoms with Crippen LogP contribution < -0.4 is 14.8 Å². The molecule has 0 saturated heterocycles. The Hall–Kier alpha value is -2.93. The molecule has 142 valence electrons. The third-order valence-electron chi connectivity index (χ3n) is 4.47. The molecule has 3 rings (SSSR count). The van der Waals surface area contributed by atoms with Gasteiger partial charge in [-0.3, -0.25) is 0 Å². The molecule has 2 aromatic carbocycles. The van der Waals surface area contributed by atoms with Crippen LogP contribution in [0.2, 0.25) is 0 Å². The summed E-state index contributed by atoms with van der Waals surface area (Å²) >= 11 is 0. The molecule has 7 heteroatoms. The molecule has 1 N–H and O–H groups in total. The first-order valence-electron chi connectivity index (χ1n) is 8.56. The lowest BCUT2D eigenvalue weighted by Crippen LogP contribution is -2.27. The summed E-state index contributed by atoms with van der Waals surface area (Å²) in [4.78, 5) is 10.6. The molecule has 0 aliphatic heterocycles. The van der Waals surface area contributed by atoms with E-state index in [9.17, 15) is 4.39 Å². The fourth-order valence-electron chi connectivity index (χ4n) is 3.00. The van der Waals surface area contributed by atoms with Crippen molar-refractivity contribution >= 4 is 16.7 Å². The van der Waals surface area contributed by atoms with Crippen LogP contribution in [0.25, 0.3) is 10.9 Å². The molecule has 0 saturated carbocycles. The van der Waals surface area contributed by atoms with Crippen LogP contribution in [0.5, 0.6) is 11.5 Å². The Labute approximate surface area is 158 Å². The highest BCUT2D eigenvalue weighted by atomic mass is 19.1. The standard InChI is InChI=1S/C20H23FN4O2/c1-25(2)18(13-6-5-7-14(8-13)26-3)11-22-20-15-9-19(27-4)16(21)10-17(15)23-12-24-20/h5-10,12,18H,11H2,1-4H3,(H,22,23,24). The van der Waals surface area contributed by atoms with E-state index in [4.69, 9.17) is 9.47 Å². The molecule has 1 atom stereocenters. The fraction of sp³-hybridized carbons (Fsp3) is 0.300. The first-order valence-corrected chi connectivity index (χ1v) is 8.56. The van der Waals surface area contributed by atoms with Gasteiger partial charge >= 0.3 is 0 Å². The zero-order valence-electron chi connectivity index (χ0n) is 15.9. The van der Waals surface area contributed by atoms with Crippen molar-refractivity contribution in [3.8, 4) is 11.5 Å². The minimum absolute atomic E-state index is 0.0902. The van der Waals surface area contributed by atoms with Crippen LogP contribution in [-0.4, -0.2) is 49.7 Å². The average molecular weight is 370 g/mol. The summed E-state index contributed by atoms with van der Waals surface area (Å²) in [6, 6.07) is 11.0. The molecule has 0 radical (unpaired) electrons. The van der Waals surface area contributed by atoms with Crippen LogP contribution in [0.4, 0.5) is 10.2 Å². The second-order valence-corrected chi connectivity index (χ2v) is 6.36. The highest BCUT2D eigenvalue weighted by Crippen LogP contribution is 2.28. The minimum Gasteiger partial charge on any atom is -0.497 e. The maximum absolute atomic E-state index is 13.9. The molecule has 1 aromatic heterocycles. The molecule has 0 bridgehead atoms. The van der Waals surface area contributed by atoms with Crippen molar-refractivity contribution in [1.82, 2.24) is 14.9 Å². The van der Waals surface area contributed by atoms with E-state index in [1.54, 1.807) is 13.2 Å². The summed E-state index contributed by atoms with van der Waals surface area (Å²) in [5, 5.41) is 4.07. The topological polar surface area (TPSA) is 59.5 Å². The van der Waals surface area contributed by atoms with Crippen LogP contribution in [-0.2, 0) is 0 Å². The zero-order chi connectivity index (χ0) is 19.4. The first-order chi connectivity index (χ1) is 13.0. The van der Waals surface area contributed by atoms with Gasteiger partial charge in [0.1, 0.15) is 17.9 Å². The van der Waals surface area contributed by atoms with Crippen molar-refractivity contribution in [1.29, 1.82) is 0 Å². The molecular weight excluding hydrogens is 347 g/mol. The van der Waals surface area contributed by atoms with E-state index in [2.05, 4.69) is 26.3 Å².